The average molecular weight is 408 g/mol. The fraction of sp³-hybridized carbons (Fsp3) is 0.375. The molecule has 1 aliphatic rings. The Bertz CT molecular complexity index is 894. The van der Waals surface area contributed by atoms with Crippen molar-refractivity contribution in [2.75, 3.05) is 32.7 Å². The summed E-state index contributed by atoms with van der Waals surface area (Å²) < 4.78 is 0. The monoisotopic (exact) mass is 407 g/mol. The van der Waals surface area contributed by atoms with Gasteiger partial charge in [0.15, 0.2) is 0 Å². The van der Waals surface area contributed by atoms with Crippen LogP contribution in [0.1, 0.15) is 47.1 Å². The van der Waals surface area contributed by atoms with Crippen molar-refractivity contribution in [2.24, 2.45) is 0 Å². The van der Waals surface area contributed by atoms with E-state index in [1.165, 1.54) is 0 Å². The zero-order valence-electron chi connectivity index (χ0n) is 17.9. The standard InChI is InChI=1S/C24H29N3O3/c1-24(2,3)20-11-9-18(10-12-20)22(29)25-17-21(28)26-13-15-27(16-14-26)23(30)19-7-5-4-6-8-19/h4-12H,13-17H2,1-3H3,(H,25,29). The molecule has 0 bridgehead atoms. The number of piperazine rings is 1. The van der Waals surface area contributed by atoms with Crippen LogP contribution >= 0.6 is 0 Å². The molecule has 30 heavy (non-hydrogen) atoms. The van der Waals surface area contributed by atoms with Gasteiger partial charge in [-0.3, -0.25) is 14.4 Å². The number of rotatable bonds is 4. The van der Waals surface area contributed by atoms with Crippen molar-refractivity contribution in [3.63, 3.8) is 0 Å². The second kappa shape index (κ2) is 9.11. The lowest BCUT2D eigenvalue weighted by atomic mass is 9.87. The highest BCUT2D eigenvalue weighted by Crippen LogP contribution is 2.22. The molecule has 0 unspecified atom stereocenters. The quantitative estimate of drug-likeness (QED) is 0.847. The summed E-state index contributed by atoms with van der Waals surface area (Å²) in [6, 6.07) is 16.6. The molecule has 0 atom stereocenters. The van der Waals surface area contributed by atoms with E-state index in [1.54, 1.807) is 34.1 Å². The maximum Gasteiger partial charge on any atom is 0.253 e. The van der Waals surface area contributed by atoms with Gasteiger partial charge in [-0.15, -0.1) is 0 Å². The summed E-state index contributed by atoms with van der Waals surface area (Å²) in [7, 11) is 0. The maximum absolute atomic E-state index is 12.5. The molecule has 158 valence electrons. The summed E-state index contributed by atoms with van der Waals surface area (Å²) in [5.41, 5.74) is 2.36. The average Bonchev–Trinajstić information content (AvgIpc) is 2.77. The molecule has 2 aromatic rings. The molecule has 1 N–H and O–H groups in total. The molecule has 2 aromatic carbocycles. The fourth-order valence-electron chi connectivity index (χ4n) is 3.41. The molecule has 6 nitrogen and oxygen atoms in total. The predicted octanol–water partition coefficient (Wildman–Crippen LogP) is 2.70. The van der Waals surface area contributed by atoms with Crippen LogP contribution in [0, 0.1) is 0 Å². The zero-order chi connectivity index (χ0) is 21.7. The Morgan fingerprint density at radius 2 is 1.37 bits per heavy atom. The van der Waals surface area contributed by atoms with Gasteiger partial charge in [-0.25, -0.2) is 0 Å². The molecule has 1 saturated heterocycles. The first-order chi connectivity index (χ1) is 14.3. The molecule has 3 rings (SSSR count). The molecule has 1 aliphatic heterocycles. The largest absolute Gasteiger partial charge is 0.343 e. The summed E-state index contributed by atoms with van der Waals surface area (Å²) in [5.74, 6) is -0.419. The van der Waals surface area contributed by atoms with Crippen molar-refractivity contribution in [3.8, 4) is 0 Å². The number of amides is 3. The van der Waals surface area contributed by atoms with Gasteiger partial charge in [-0.2, -0.15) is 0 Å². The van der Waals surface area contributed by atoms with Gasteiger partial charge in [-0.1, -0.05) is 51.1 Å². The first-order valence-electron chi connectivity index (χ1n) is 10.3. The van der Waals surface area contributed by atoms with Gasteiger partial charge in [0.25, 0.3) is 11.8 Å². The topological polar surface area (TPSA) is 69.7 Å². The fourth-order valence-corrected chi connectivity index (χ4v) is 3.41. The minimum Gasteiger partial charge on any atom is -0.343 e. The van der Waals surface area contributed by atoms with E-state index in [2.05, 4.69) is 26.1 Å². The molecule has 3 amide bonds. The summed E-state index contributed by atoms with van der Waals surface area (Å²) in [4.78, 5) is 40.8. The highest BCUT2D eigenvalue weighted by Gasteiger charge is 2.25. The Balaban J connectivity index is 1.47. The first kappa shape index (κ1) is 21.6. The smallest absolute Gasteiger partial charge is 0.253 e. The van der Waals surface area contributed by atoms with Crippen LogP contribution in [0.4, 0.5) is 0 Å². The second-order valence-electron chi connectivity index (χ2n) is 8.55. The molecule has 0 aliphatic carbocycles. The molecule has 0 spiro atoms. The molecular weight excluding hydrogens is 378 g/mol. The van der Waals surface area contributed by atoms with Crippen LogP contribution < -0.4 is 5.32 Å². The SMILES string of the molecule is CC(C)(C)c1ccc(C(=O)NCC(=O)N2CCN(C(=O)c3ccccc3)CC2)cc1. The normalized spacial score (nSPS) is 14.4. The number of nitrogens with zero attached hydrogens (tertiary/aromatic N) is 2. The van der Waals surface area contributed by atoms with Crippen molar-refractivity contribution in [3.05, 3.63) is 71.3 Å². The third-order valence-corrected chi connectivity index (χ3v) is 5.35. The molecule has 0 radical (unpaired) electrons. The van der Waals surface area contributed by atoms with E-state index in [9.17, 15) is 14.4 Å². The number of hydrogen-bond acceptors (Lipinski definition) is 3. The highest BCUT2D eigenvalue weighted by atomic mass is 16.2. The van der Waals surface area contributed by atoms with Gasteiger partial charge in [0.1, 0.15) is 0 Å². The minimum atomic E-state index is -0.262. The first-order valence-corrected chi connectivity index (χ1v) is 10.3. The number of benzene rings is 2. The lowest BCUT2D eigenvalue weighted by Crippen LogP contribution is -2.52. The third kappa shape index (κ3) is 5.26. The van der Waals surface area contributed by atoms with Crippen molar-refractivity contribution in [1.82, 2.24) is 15.1 Å². The Hall–Kier alpha value is -3.15. The number of carbonyl (C=O) groups is 3. The highest BCUT2D eigenvalue weighted by molar-refractivity contribution is 5.96. The van der Waals surface area contributed by atoms with Crippen LogP contribution in [-0.4, -0.2) is 60.2 Å². The summed E-state index contributed by atoms with van der Waals surface area (Å²) in [5, 5.41) is 2.70. The van der Waals surface area contributed by atoms with Crippen LogP contribution in [0.5, 0.6) is 0 Å². The molecule has 6 heteroatoms. The van der Waals surface area contributed by atoms with Crippen LogP contribution in [-0.2, 0) is 10.2 Å². The van der Waals surface area contributed by atoms with E-state index in [0.29, 0.717) is 37.3 Å². The third-order valence-electron chi connectivity index (χ3n) is 5.35. The van der Waals surface area contributed by atoms with E-state index in [0.717, 1.165) is 5.56 Å². The van der Waals surface area contributed by atoms with Gasteiger partial charge in [0.05, 0.1) is 6.54 Å². The van der Waals surface area contributed by atoms with Crippen LogP contribution in [0.25, 0.3) is 0 Å². The van der Waals surface area contributed by atoms with Crippen molar-refractivity contribution >= 4 is 17.7 Å². The summed E-state index contributed by atoms with van der Waals surface area (Å²) >= 11 is 0. The Kier molecular flexibility index (Phi) is 6.55. The molecule has 0 saturated carbocycles. The van der Waals surface area contributed by atoms with E-state index in [1.807, 2.05) is 30.3 Å². The molecule has 1 heterocycles. The van der Waals surface area contributed by atoms with E-state index < -0.39 is 0 Å². The Labute approximate surface area is 177 Å². The summed E-state index contributed by atoms with van der Waals surface area (Å²) in [6.07, 6.45) is 0. The van der Waals surface area contributed by atoms with Crippen molar-refractivity contribution < 1.29 is 14.4 Å². The van der Waals surface area contributed by atoms with E-state index >= 15 is 0 Å². The second-order valence-corrected chi connectivity index (χ2v) is 8.55. The van der Waals surface area contributed by atoms with Gasteiger partial charge < -0.3 is 15.1 Å². The minimum absolute atomic E-state index is 0.0188. The van der Waals surface area contributed by atoms with Gasteiger partial charge >= 0.3 is 0 Å². The summed E-state index contributed by atoms with van der Waals surface area (Å²) in [6.45, 7) is 8.21. The lowest BCUT2D eigenvalue weighted by Gasteiger charge is -2.34. The Morgan fingerprint density at radius 3 is 1.93 bits per heavy atom. The zero-order valence-corrected chi connectivity index (χ0v) is 17.9. The molecular formula is C24H29N3O3. The van der Waals surface area contributed by atoms with Gasteiger partial charge in [-0.05, 0) is 35.2 Å². The van der Waals surface area contributed by atoms with Gasteiger partial charge in [0.2, 0.25) is 5.91 Å². The van der Waals surface area contributed by atoms with E-state index in [4.69, 9.17) is 0 Å². The van der Waals surface area contributed by atoms with Crippen LogP contribution in [0.3, 0.4) is 0 Å². The number of carbonyl (C=O) groups excluding carboxylic acids is 3. The van der Waals surface area contributed by atoms with Gasteiger partial charge in [0, 0.05) is 37.3 Å². The number of hydrogen-bond donors (Lipinski definition) is 1. The van der Waals surface area contributed by atoms with Crippen LogP contribution in [0.2, 0.25) is 0 Å². The predicted molar refractivity (Wildman–Crippen MR) is 116 cm³/mol. The Morgan fingerprint density at radius 1 is 0.800 bits per heavy atom. The molecule has 1 fully saturated rings. The van der Waals surface area contributed by atoms with Crippen molar-refractivity contribution in [1.29, 1.82) is 0 Å². The number of nitrogens with one attached hydrogen (secondary N) is 1. The van der Waals surface area contributed by atoms with Crippen molar-refractivity contribution in [2.45, 2.75) is 26.2 Å². The molecule has 0 aromatic heterocycles. The van der Waals surface area contributed by atoms with E-state index in [-0.39, 0.29) is 29.7 Å². The van der Waals surface area contributed by atoms with Crippen LogP contribution in [0.15, 0.2) is 54.6 Å². The maximum atomic E-state index is 12.5. The lowest BCUT2D eigenvalue weighted by molar-refractivity contribution is -0.131.